The third kappa shape index (κ3) is 6.46. The SMILES string of the molecule is C=C1CN(CC(=C)N2CCCC2)CCCC[C@@H]1NC(=S)Nc1cc(Cl)ccc1C. The molecule has 0 bridgehead atoms. The van der Waals surface area contributed by atoms with Crippen LogP contribution in [0.25, 0.3) is 0 Å². The number of nitrogens with zero attached hydrogens (tertiary/aromatic N) is 2. The van der Waals surface area contributed by atoms with Gasteiger partial charge in [-0.1, -0.05) is 30.8 Å². The maximum absolute atomic E-state index is 6.13. The third-order valence-corrected chi connectivity index (χ3v) is 6.30. The molecule has 2 aliphatic heterocycles. The van der Waals surface area contributed by atoms with Crippen molar-refractivity contribution in [3.63, 3.8) is 0 Å². The van der Waals surface area contributed by atoms with Gasteiger partial charge in [-0.05, 0) is 81.1 Å². The van der Waals surface area contributed by atoms with Crippen LogP contribution in [-0.2, 0) is 0 Å². The molecular formula is C23H33ClN4S. The fourth-order valence-electron chi connectivity index (χ4n) is 4.11. The van der Waals surface area contributed by atoms with Gasteiger partial charge in [-0.2, -0.15) is 0 Å². The number of halogens is 1. The summed E-state index contributed by atoms with van der Waals surface area (Å²) in [5.74, 6) is 0. The van der Waals surface area contributed by atoms with Gasteiger partial charge in [0.25, 0.3) is 0 Å². The van der Waals surface area contributed by atoms with Gasteiger partial charge < -0.3 is 15.5 Å². The highest BCUT2D eigenvalue weighted by molar-refractivity contribution is 7.80. The summed E-state index contributed by atoms with van der Waals surface area (Å²) in [5, 5.41) is 8.09. The largest absolute Gasteiger partial charge is 0.374 e. The average Bonchev–Trinajstić information content (AvgIpc) is 3.20. The van der Waals surface area contributed by atoms with E-state index < -0.39 is 0 Å². The van der Waals surface area contributed by atoms with Crippen LogP contribution >= 0.6 is 23.8 Å². The van der Waals surface area contributed by atoms with Gasteiger partial charge in [0.05, 0.1) is 6.04 Å². The van der Waals surface area contributed by atoms with Crippen molar-refractivity contribution in [2.24, 2.45) is 0 Å². The Balaban J connectivity index is 1.55. The summed E-state index contributed by atoms with van der Waals surface area (Å²) in [7, 11) is 0. The lowest BCUT2D eigenvalue weighted by Crippen LogP contribution is -2.44. The first-order chi connectivity index (χ1) is 13.9. The van der Waals surface area contributed by atoms with Crippen molar-refractivity contribution in [3.05, 3.63) is 53.2 Å². The summed E-state index contributed by atoms with van der Waals surface area (Å²) >= 11 is 11.7. The van der Waals surface area contributed by atoms with Gasteiger partial charge in [0, 0.05) is 42.6 Å². The summed E-state index contributed by atoms with van der Waals surface area (Å²) in [6, 6.07) is 5.97. The highest BCUT2D eigenvalue weighted by Crippen LogP contribution is 2.21. The molecule has 0 unspecified atom stereocenters. The number of likely N-dealkylation sites (tertiary alicyclic amines) is 2. The van der Waals surface area contributed by atoms with Crippen molar-refractivity contribution >= 4 is 34.6 Å². The van der Waals surface area contributed by atoms with Crippen LogP contribution in [0.4, 0.5) is 5.69 Å². The zero-order valence-electron chi connectivity index (χ0n) is 17.5. The highest BCUT2D eigenvalue weighted by atomic mass is 35.5. The Kier molecular flexibility index (Phi) is 7.99. The van der Waals surface area contributed by atoms with E-state index in [0.717, 1.165) is 56.8 Å². The minimum atomic E-state index is 0.178. The van der Waals surface area contributed by atoms with Crippen molar-refractivity contribution < 1.29 is 0 Å². The fourth-order valence-corrected chi connectivity index (χ4v) is 4.53. The maximum Gasteiger partial charge on any atom is 0.171 e. The molecule has 1 aromatic rings. The number of hydrogen-bond donors (Lipinski definition) is 2. The zero-order valence-corrected chi connectivity index (χ0v) is 19.0. The quantitative estimate of drug-likeness (QED) is 0.507. The van der Waals surface area contributed by atoms with Crippen molar-refractivity contribution in [2.45, 2.75) is 45.1 Å². The second kappa shape index (κ2) is 10.5. The molecular weight excluding hydrogens is 400 g/mol. The Bertz CT molecular complexity index is 757. The normalized spacial score (nSPS) is 20.8. The topological polar surface area (TPSA) is 30.5 Å². The molecule has 0 saturated carbocycles. The van der Waals surface area contributed by atoms with Gasteiger partial charge in [0.2, 0.25) is 0 Å². The molecule has 6 heteroatoms. The van der Waals surface area contributed by atoms with E-state index in [2.05, 4.69) is 33.6 Å². The molecule has 1 atom stereocenters. The molecule has 2 heterocycles. The Morgan fingerprint density at radius 2 is 1.93 bits per heavy atom. The predicted molar refractivity (Wildman–Crippen MR) is 129 cm³/mol. The second-order valence-electron chi connectivity index (χ2n) is 8.24. The minimum Gasteiger partial charge on any atom is -0.374 e. The molecule has 2 aliphatic rings. The Hall–Kier alpha value is -1.56. The molecule has 2 saturated heterocycles. The van der Waals surface area contributed by atoms with Crippen LogP contribution in [0.15, 0.2) is 42.6 Å². The summed E-state index contributed by atoms with van der Waals surface area (Å²) in [5.41, 5.74) is 4.48. The first-order valence-electron chi connectivity index (χ1n) is 10.6. The second-order valence-corrected chi connectivity index (χ2v) is 9.08. The smallest absolute Gasteiger partial charge is 0.171 e. The Labute approximate surface area is 186 Å². The Morgan fingerprint density at radius 1 is 1.21 bits per heavy atom. The van der Waals surface area contributed by atoms with Crippen LogP contribution in [0.1, 0.15) is 37.7 Å². The molecule has 0 aromatic heterocycles. The molecule has 1 aromatic carbocycles. The molecule has 2 fully saturated rings. The number of aryl methyl sites for hydroxylation is 1. The molecule has 29 heavy (non-hydrogen) atoms. The molecule has 158 valence electrons. The van der Waals surface area contributed by atoms with E-state index >= 15 is 0 Å². The number of anilines is 1. The van der Waals surface area contributed by atoms with Gasteiger partial charge in [0.1, 0.15) is 0 Å². The van der Waals surface area contributed by atoms with Crippen molar-refractivity contribution in [1.82, 2.24) is 15.1 Å². The van der Waals surface area contributed by atoms with Crippen molar-refractivity contribution in [3.8, 4) is 0 Å². The van der Waals surface area contributed by atoms with E-state index in [-0.39, 0.29) is 6.04 Å². The van der Waals surface area contributed by atoms with Crippen LogP contribution in [0.3, 0.4) is 0 Å². The third-order valence-electron chi connectivity index (χ3n) is 5.85. The monoisotopic (exact) mass is 432 g/mol. The Morgan fingerprint density at radius 3 is 2.69 bits per heavy atom. The van der Waals surface area contributed by atoms with E-state index in [4.69, 9.17) is 23.8 Å². The summed E-state index contributed by atoms with van der Waals surface area (Å²) in [6.07, 6.45) is 5.97. The predicted octanol–water partition coefficient (Wildman–Crippen LogP) is 4.96. The van der Waals surface area contributed by atoms with Crippen LogP contribution in [-0.4, -0.2) is 53.7 Å². The van der Waals surface area contributed by atoms with Crippen LogP contribution in [0.5, 0.6) is 0 Å². The van der Waals surface area contributed by atoms with Crippen LogP contribution < -0.4 is 10.6 Å². The number of nitrogens with one attached hydrogen (secondary N) is 2. The molecule has 0 radical (unpaired) electrons. The summed E-state index contributed by atoms with van der Waals surface area (Å²) < 4.78 is 0. The molecule has 3 rings (SSSR count). The average molecular weight is 433 g/mol. The van der Waals surface area contributed by atoms with Crippen LogP contribution in [0, 0.1) is 6.92 Å². The van der Waals surface area contributed by atoms with Gasteiger partial charge in [-0.15, -0.1) is 0 Å². The summed E-state index contributed by atoms with van der Waals surface area (Å²) in [4.78, 5) is 4.91. The molecule has 0 aliphatic carbocycles. The number of rotatable bonds is 5. The van der Waals surface area contributed by atoms with Gasteiger partial charge in [0.15, 0.2) is 5.11 Å². The maximum atomic E-state index is 6.13. The molecule has 0 amide bonds. The van der Waals surface area contributed by atoms with Gasteiger partial charge >= 0.3 is 0 Å². The highest BCUT2D eigenvalue weighted by Gasteiger charge is 2.22. The standard InChI is InChI=1S/C23H33ClN4S/c1-17-9-10-20(24)14-22(17)26-23(29)25-21-8-4-5-11-27(15-18(21)2)16-19(3)28-12-6-7-13-28/h9-10,14,21H,2-8,11-13,15-16H2,1H3,(H2,25,26,29)/t21-/m0/s1. The van der Waals surface area contributed by atoms with Gasteiger partial charge in [-0.25, -0.2) is 0 Å². The van der Waals surface area contributed by atoms with E-state index in [1.54, 1.807) is 0 Å². The molecule has 4 nitrogen and oxygen atoms in total. The lowest BCUT2D eigenvalue weighted by atomic mass is 9.99. The minimum absolute atomic E-state index is 0.178. The van der Waals surface area contributed by atoms with Crippen LogP contribution in [0.2, 0.25) is 5.02 Å². The summed E-state index contributed by atoms with van der Waals surface area (Å²) in [6.45, 7) is 16.0. The van der Waals surface area contributed by atoms with Crippen molar-refractivity contribution in [1.29, 1.82) is 0 Å². The number of benzene rings is 1. The lowest BCUT2D eigenvalue weighted by Gasteiger charge is -2.33. The van der Waals surface area contributed by atoms with Gasteiger partial charge in [-0.3, -0.25) is 4.90 Å². The number of hydrogen-bond acceptors (Lipinski definition) is 3. The van der Waals surface area contributed by atoms with E-state index in [9.17, 15) is 0 Å². The first kappa shape index (κ1) is 22.1. The fraction of sp³-hybridized carbons (Fsp3) is 0.522. The molecule has 0 spiro atoms. The van der Waals surface area contributed by atoms with E-state index in [1.165, 1.54) is 30.5 Å². The number of thiocarbonyl (C=S) groups is 1. The molecule has 2 N–H and O–H groups in total. The van der Waals surface area contributed by atoms with E-state index in [1.807, 2.05) is 25.1 Å². The zero-order chi connectivity index (χ0) is 20.8. The van der Waals surface area contributed by atoms with E-state index in [0.29, 0.717) is 10.1 Å². The van der Waals surface area contributed by atoms with Crippen molar-refractivity contribution in [2.75, 3.05) is 38.0 Å². The lowest BCUT2D eigenvalue weighted by molar-refractivity contribution is 0.261. The first-order valence-corrected chi connectivity index (χ1v) is 11.4.